The fourth-order valence-electron chi connectivity index (χ4n) is 2.76. The highest BCUT2D eigenvalue weighted by molar-refractivity contribution is 7.92. The maximum atomic E-state index is 12.8. The van der Waals surface area contributed by atoms with E-state index in [1.54, 1.807) is 24.3 Å². The molecule has 1 saturated carbocycles. The molecule has 0 radical (unpaired) electrons. The standard InChI is InChI=1S/C19H19N3O4S/c1-25-15-6-4-7-16(12-15)27(23,24)22-17-8-3-2-5-14(17)11-18-20-19(21-26-18)13-9-10-13/h2-8,12-13,22H,9-11H2,1H3. The first-order valence-corrected chi connectivity index (χ1v) is 10.1. The molecule has 0 unspecified atom stereocenters. The number of para-hydroxylation sites is 1. The summed E-state index contributed by atoms with van der Waals surface area (Å²) in [5.41, 5.74) is 1.24. The van der Waals surface area contributed by atoms with Gasteiger partial charge in [0.05, 0.1) is 24.1 Å². The van der Waals surface area contributed by atoms with E-state index in [1.807, 2.05) is 12.1 Å². The maximum absolute atomic E-state index is 12.8. The molecule has 0 aliphatic heterocycles. The molecule has 0 amide bonds. The second-order valence-electron chi connectivity index (χ2n) is 6.44. The topological polar surface area (TPSA) is 94.3 Å². The van der Waals surface area contributed by atoms with Crippen molar-refractivity contribution in [2.45, 2.75) is 30.1 Å². The molecule has 4 rings (SSSR count). The lowest BCUT2D eigenvalue weighted by molar-refractivity contribution is 0.379. The Bertz CT molecular complexity index is 1060. The van der Waals surface area contributed by atoms with Crippen LogP contribution in [0.3, 0.4) is 0 Å². The predicted octanol–water partition coefficient (Wildman–Crippen LogP) is 3.35. The Kier molecular flexibility index (Phi) is 4.57. The van der Waals surface area contributed by atoms with E-state index in [4.69, 9.17) is 9.26 Å². The number of hydrogen-bond donors (Lipinski definition) is 1. The van der Waals surface area contributed by atoms with Gasteiger partial charge < -0.3 is 9.26 Å². The average molecular weight is 385 g/mol. The van der Waals surface area contributed by atoms with Crippen molar-refractivity contribution >= 4 is 15.7 Å². The van der Waals surface area contributed by atoms with Crippen LogP contribution >= 0.6 is 0 Å². The molecule has 1 aliphatic rings. The quantitative estimate of drug-likeness (QED) is 0.670. The highest BCUT2D eigenvalue weighted by Crippen LogP contribution is 2.38. The van der Waals surface area contributed by atoms with Crippen LogP contribution in [0.25, 0.3) is 0 Å². The Labute approximate surface area is 157 Å². The number of ether oxygens (including phenoxy) is 1. The summed E-state index contributed by atoms with van der Waals surface area (Å²) in [6, 6.07) is 13.5. The predicted molar refractivity (Wildman–Crippen MR) is 99.3 cm³/mol. The van der Waals surface area contributed by atoms with E-state index >= 15 is 0 Å². The van der Waals surface area contributed by atoms with Gasteiger partial charge in [-0.05, 0) is 36.6 Å². The van der Waals surface area contributed by atoms with Gasteiger partial charge in [0.1, 0.15) is 5.75 Å². The van der Waals surface area contributed by atoms with Gasteiger partial charge in [-0.15, -0.1) is 0 Å². The Morgan fingerprint density at radius 1 is 1.19 bits per heavy atom. The molecular weight excluding hydrogens is 366 g/mol. The summed E-state index contributed by atoms with van der Waals surface area (Å²) < 4.78 is 38.6. The number of nitrogens with zero attached hydrogens (tertiary/aromatic N) is 2. The summed E-state index contributed by atoms with van der Waals surface area (Å²) in [7, 11) is -2.26. The van der Waals surface area contributed by atoms with Crippen LogP contribution in [0.5, 0.6) is 5.75 Å². The molecule has 1 aliphatic carbocycles. The molecular formula is C19H19N3O4S. The smallest absolute Gasteiger partial charge is 0.262 e. The first-order chi connectivity index (χ1) is 13.0. The van der Waals surface area contributed by atoms with Gasteiger partial charge in [-0.3, -0.25) is 4.72 Å². The molecule has 1 fully saturated rings. The first-order valence-electron chi connectivity index (χ1n) is 8.62. The van der Waals surface area contributed by atoms with Gasteiger partial charge in [0.15, 0.2) is 5.82 Å². The van der Waals surface area contributed by atoms with Crippen molar-refractivity contribution in [3.8, 4) is 5.75 Å². The largest absolute Gasteiger partial charge is 0.497 e. The van der Waals surface area contributed by atoms with E-state index in [1.165, 1.54) is 19.2 Å². The van der Waals surface area contributed by atoms with E-state index in [2.05, 4.69) is 14.9 Å². The summed E-state index contributed by atoms with van der Waals surface area (Å²) >= 11 is 0. The molecule has 1 heterocycles. The Morgan fingerprint density at radius 3 is 2.78 bits per heavy atom. The number of sulfonamides is 1. The van der Waals surface area contributed by atoms with Crippen LogP contribution in [0.4, 0.5) is 5.69 Å². The van der Waals surface area contributed by atoms with Crippen LogP contribution in [0.2, 0.25) is 0 Å². The minimum atomic E-state index is -3.76. The van der Waals surface area contributed by atoms with Crippen LogP contribution < -0.4 is 9.46 Å². The first kappa shape index (κ1) is 17.5. The third-order valence-corrected chi connectivity index (χ3v) is 5.74. The SMILES string of the molecule is COc1cccc(S(=O)(=O)Nc2ccccc2Cc2nc(C3CC3)no2)c1. The second kappa shape index (κ2) is 7.03. The minimum Gasteiger partial charge on any atom is -0.497 e. The molecule has 27 heavy (non-hydrogen) atoms. The summed E-state index contributed by atoms with van der Waals surface area (Å²) in [6.45, 7) is 0. The third-order valence-electron chi connectivity index (χ3n) is 4.38. The molecule has 0 spiro atoms. The van der Waals surface area contributed by atoms with Crippen LogP contribution in [0.15, 0.2) is 57.9 Å². The van der Waals surface area contributed by atoms with Crippen LogP contribution in [0, 0.1) is 0 Å². The van der Waals surface area contributed by atoms with Gasteiger partial charge in [-0.25, -0.2) is 8.42 Å². The van der Waals surface area contributed by atoms with E-state index < -0.39 is 10.0 Å². The molecule has 7 nitrogen and oxygen atoms in total. The number of methoxy groups -OCH3 is 1. The minimum absolute atomic E-state index is 0.130. The van der Waals surface area contributed by atoms with E-state index in [-0.39, 0.29) is 4.90 Å². The van der Waals surface area contributed by atoms with Crippen LogP contribution in [0.1, 0.15) is 36.0 Å². The number of rotatable bonds is 7. The molecule has 1 aromatic heterocycles. The zero-order valence-corrected chi connectivity index (χ0v) is 15.6. The lowest BCUT2D eigenvalue weighted by Crippen LogP contribution is -2.14. The Balaban J connectivity index is 1.58. The number of hydrogen-bond acceptors (Lipinski definition) is 6. The van der Waals surface area contributed by atoms with Gasteiger partial charge in [0.2, 0.25) is 5.89 Å². The number of aromatic nitrogens is 2. The van der Waals surface area contributed by atoms with Crippen molar-refractivity contribution in [3.63, 3.8) is 0 Å². The average Bonchev–Trinajstić information content (AvgIpc) is 3.42. The Hall–Kier alpha value is -2.87. The van der Waals surface area contributed by atoms with Gasteiger partial charge in [-0.1, -0.05) is 29.4 Å². The van der Waals surface area contributed by atoms with Gasteiger partial charge in [0, 0.05) is 12.0 Å². The second-order valence-corrected chi connectivity index (χ2v) is 8.12. The van der Waals surface area contributed by atoms with Crippen molar-refractivity contribution in [1.29, 1.82) is 0 Å². The maximum Gasteiger partial charge on any atom is 0.262 e. The van der Waals surface area contributed by atoms with Gasteiger partial charge >= 0.3 is 0 Å². The van der Waals surface area contributed by atoms with Crippen LogP contribution in [-0.2, 0) is 16.4 Å². The van der Waals surface area contributed by atoms with Crippen molar-refractivity contribution in [2.24, 2.45) is 0 Å². The lowest BCUT2D eigenvalue weighted by atomic mass is 10.1. The highest BCUT2D eigenvalue weighted by atomic mass is 32.2. The normalized spacial score (nSPS) is 14.1. The highest BCUT2D eigenvalue weighted by Gasteiger charge is 2.29. The fraction of sp³-hybridized carbons (Fsp3) is 0.263. The molecule has 0 saturated heterocycles. The molecule has 3 aromatic rings. The summed E-state index contributed by atoms with van der Waals surface area (Å²) in [5, 5.41) is 4.01. The molecule has 140 valence electrons. The molecule has 8 heteroatoms. The zero-order chi connectivity index (χ0) is 18.9. The summed E-state index contributed by atoms with van der Waals surface area (Å²) in [4.78, 5) is 4.54. The Morgan fingerprint density at radius 2 is 2.00 bits per heavy atom. The van der Waals surface area contributed by atoms with Crippen molar-refractivity contribution in [2.75, 3.05) is 11.8 Å². The zero-order valence-electron chi connectivity index (χ0n) is 14.8. The van der Waals surface area contributed by atoms with E-state index in [9.17, 15) is 8.42 Å². The lowest BCUT2D eigenvalue weighted by Gasteiger charge is -2.12. The fourth-order valence-corrected chi connectivity index (χ4v) is 3.89. The monoisotopic (exact) mass is 385 g/mol. The molecule has 2 aromatic carbocycles. The molecule has 0 atom stereocenters. The number of benzene rings is 2. The van der Waals surface area contributed by atoms with Gasteiger partial charge in [0.25, 0.3) is 10.0 Å². The summed E-state index contributed by atoms with van der Waals surface area (Å²) in [5.74, 6) is 2.10. The van der Waals surface area contributed by atoms with Crippen molar-refractivity contribution < 1.29 is 17.7 Å². The van der Waals surface area contributed by atoms with E-state index in [0.717, 1.165) is 24.2 Å². The number of nitrogens with one attached hydrogen (secondary N) is 1. The van der Waals surface area contributed by atoms with Crippen molar-refractivity contribution in [3.05, 3.63) is 65.8 Å². The summed E-state index contributed by atoms with van der Waals surface area (Å²) in [6.07, 6.45) is 2.54. The van der Waals surface area contributed by atoms with E-state index in [0.29, 0.717) is 29.7 Å². The van der Waals surface area contributed by atoms with Gasteiger partial charge in [-0.2, -0.15) is 4.98 Å². The number of anilines is 1. The third kappa shape index (κ3) is 3.95. The molecule has 1 N–H and O–H groups in total. The van der Waals surface area contributed by atoms with Crippen molar-refractivity contribution in [1.82, 2.24) is 10.1 Å². The molecule has 0 bridgehead atoms. The van der Waals surface area contributed by atoms with Crippen LogP contribution in [-0.4, -0.2) is 25.7 Å².